The van der Waals surface area contributed by atoms with E-state index in [1.807, 2.05) is 30.5 Å². The molecule has 128 valence electrons. The Labute approximate surface area is 155 Å². The normalized spacial score (nSPS) is 11.3. The molecular weight excluding hydrogens is 335 g/mol. The molecule has 0 bridgehead atoms. The molecule has 0 fully saturated rings. The van der Waals surface area contributed by atoms with Crippen LogP contribution in [0.25, 0.3) is 43.8 Å². The Balaban J connectivity index is 1.81. The summed E-state index contributed by atoms with van der Waals surface area (Å²) in [6, 6.07) is 23.5. The lowest BCUT2D eigenvalue weighted by Crippen LogP contribution is -2.29. The summed E-state index contributed by atoms with van der Waals surface area (Å²) in [6.07, 6.45) is 1.88. The Morgan fingerprint density at radius 2 is 1.19 bits per heavy atom. The number of hydrogen-bond donors (Lipinski definition) is 2. The minimum Gasteiger partial charge on any atom is -0.423 e. The molecule has 4 nitrogen and oxygen atoms in total. The number of nitrogens with zero attached hydrogens (tertiary/aromatic N) is 2. The first-order chi connectivity index (χ1) is 13.2. The van der Waals surface area contributed by atoms with Gasteiger partial charge in [0.2, 0.25) is 0 Å². The van der Waals surface area contributed by atoms with Crippen LogP contribution in [0.5, 0.6) is 0 Å². The second-order valence-corrected chi connectivity index (χ2v) is 6.54. The van der Waals surface area contributed by atoms with Crippen molar-refractivity contribution in [3.05, 3.63) is 79.0 Å². The summed E-state index contributed by atoms with van der Waals surface area (Å²) >= 11 is 0. The Morgan fingerprint density at radius 1 is 0.630 bits per heavy atom. The first-order valence-corrected chi connectivity index (χ1v) is 8.75. The van der Waals surface area contributed by atoms with E-state index in [2.05, 4.69) is 29.2 Å². The molecule has 2 N–H and O–H groups in total. The molecule has 0 atom stereocenters. The Hall–Kier alpha value is -3.28. The van der Waals surface area contributed by atoms with Crippen molar-refractivity contribution >= 4 is 45.0 Å². The number of fused-ring (bicyclic) bond motifs is 6. The van der Waals surface area contributed by atoms with Gasteiger partial charge in [-0.25, -0.2) is 9.97 Å². The van der Waals surface area contributed by atoms with Gasteiger partial charge in [-0.2, -0.15) is 0 Å². The van der Waals surface area contributed by atoms with Gasteiger partial charge in [-0.15, -0.1) is 0 Å². The van der Waals surface area contributed by atoms with Crippen LogP contribution in [0.1, 0.15) is 0 Å². The Kier molecular flexibility index (Phi) is 3.64. The van der Waals surface area contributed by atoms with Gasteiger partial charge in [0.1, 0.15) is 0 Å². The van der Waals surface area contributed by atoms with Crippen LogP contribution >= 0.6 is 0 Å². The van der Waals surface area contributed by atoms with E-state index in [-0.39, 0.29) is 0 Å². The molecule has 0 amide bonds. The van der Waals surface area contributed by atoms with Crippen molar-refractivity contribution in [3.63, 3.8) is 0 Å². The van der Waals surface area contributed by atoms with E-state index in [4.69, 9.17) is 4.98 Å². The number of hydrogen-bond acceptors (Lipinski definition) is 4. The summed E-state index contributed by atoms with van der Waals surface area (Å²) in [4.78, 5) is 9.43. The van der Waals surface area contributed by atoms with Crippen LogP contribution in [-0.4, -0.2) is 27.1 Å². The van der Waals surface area contributed by atoms with Gasteiger partial charge in [-0.05, 0) is 21.6 Å². The molecule has 0 aliphatic carbocycles. The topological polar surface area (TPSA) is 66.2 Å². The van der Waals surface area contributed by atoms with Gasteiger partial charge in [0.25, 0.3) is 0 Å². The smallest absolute Gasteiger partial charge is 0.423 e. The van der Waals surface area contributed by atoms with Crippen LogP contribution in [0.15, 0.2) is 79.0 Å². The third-order valence-corrected chi connectivity index (χ3v) is 4.95. The molecule has 0 spiro atoms. The second kappa shape index (κ2) is 6.16. The molecular formula is C22H15BN2O2. The van der Waals surface area contributed by atoms with Crippen molar-refractivity contribution in [2.75, 3.05) is 0 Å². The highest BCUT2D eigenvalue weighted by Crippen LogP contribution is 2.34. The lowest BCUT2D eigenvalue weighted by Gasteiger charge is -2.10. The van der Waals surface area contributed by atoms with Crippen LogP contribution in [0.3, 0.4) is 0 Å². The molecule has 5 aromatic rings. The van der Waals surface area contributed by atoms with E-state index in [1.54, 1.807) is 24.3 Å². The van der Waals surface area contributed by atoms with Crippen molar-refractivity contribution in [2.45, 2.75) is 0 Å². The van der Waals surface area contributed by atoms with Crippen molar-refractivity contribution in [3.8, 4) is 11.4 Å². The summed E-state index contributed by atoms with van der Waals surface area (Å²) < 4.78 is 0. The second-order valence-electron chi connectivity index (χ2n) is 6.54. The third kappa shape index (κ3) is 2.56. The fraction of sp³-hybridized carbons (Fsp3) is 0. The van der Waals surface area contributed by atoms with Crippen molar-refractivity contribution in [1.82, 2.24) is 9.97 Å². The molecule has 0 saturated heterocycles. The summed E-state index contributed by atoms with van der Waals surface area (Å²) in [5.41, 5.74) is 2.19. The minimum absolute atomic E-state index is 0.441. The van der Waals surface area contributed by atoms with Gasteiger partial charge in [0, 0.05) is 22.5 Å². The van der Waals surface area contributed by atoms with E-state index in [1.165, 1.54) is 10.8 Å². The predicted octanol–water partition coefficient (Wildman–Crippen LogP) is 3.28. The highest BCUT2D eigenvalue weighted by molar-refractivity contribution is 6.58. The van der Waals surface area contributed by atoms with Crippen LogP contribution < -0.4 is 5.46 Å². The fourth-order valence-electron chi connectivity index (χ4n) is 3.60. The van der Waals surface area contributed by atoms with Crippen molar-refractivity contribution in [1.29, 1.82) is 0 Å². The zero-order chi connectivity index (χ0) is 18.4. The third-order valence-electron chi connectivity index (χ3n) is 4.95. The maximum Gasteiger partial charge on any atom is 0.488 e. The van der Waals surface area contributed by atoms with Crippen LogP contribution in [0.4, 0.5) is 0 Å². The molecule has 4 aromatic carbocycles. The maximum absolute atomic E-state index is 9.27. The van der Waals surface area contributed by atoms with Gasteiger partial charge < -0.3 is 10.0 Å². The molecule has 0 unspecified atom stereocenters. The predicted molar refractivity (Wildman–Crippen MR) is 110 cm³/mol. The van der Waals surface area contributed by atoms with Gasteiger partial charge in [-0.1, -0.05) is 72.8 Å². The number of aromatic nitrogens is 2. The van der Waals surface area contributed by atoms with Crippen molar-refractivity contribution in [2.24, 2.45) is 0 Å². The average Bonchev–Trinajstić information content (AvgIpc) is 2.73. The first kappa shape index (κ1) is 15.9. The monoisotopic (exact) mass is 350 g/mol. The standard InChI is InChI=1S/C22H15BN2O2/c26-23(27)15-11-9-14(10-12-15)22-24-13-20-18-7-2-1-5-16(18)17-6-3-4-8-19(17)21(20)25-22/h1-13,26-27H. The average molecular weight is 350 g/mol. The molecule has 27 heavy (non-hydrogen) atoms. The molecule has 0 radical (unpaired) electrons. The molecule has 0 aliphatic heterocycles. The number of rotatable bonds is 2. The van der Waals surface area contributed by atoms with E-state index in [0.29, 0.717) is 11.3 Å². The first-order valence-electron chi connectivity index (χ1n) is 8.75. The lowest BCUT2D eigenvalue weighted by atomic mass is 9.80. The summed E-state index contributed by atoms with van der Waals surface area (Å²) in [7, 11) is -1.48. The van der Waals surface area contributed by atoms with E-state index >= 15 is 0 Å². The highest BCUT2D eigenvalue weighted by atomic mass is 16.4. The highest BCUT2D eigenvalue weighted by Gasteiger charge is 2.13. The van der Waals surface area contributed by atoms with E-state index in [0.717, 1.165) is 27.2 Å². The zero-order valence-corrected chi connectivity index (χ0v) is 14.4. The van der Waals surface area contributed by atoms with Gasteiger partial charge in [0.05, 0.1) is 5.52 Å². The fourth-order valence-corrected chi connectivity index (χ4v) is 3.60. The molecule has 5 rings (SSSR count). The quantitative estimate of drug-likeness (QED) is 0.379. The molecule has 1 aromatic heterocycles. The Bertz CT molecular complexity index is 1270. The summed E-state index contributed by atoms with van der Waals surface area (Å²) in [5.74, 6) is 0.613. The van der Waals surface area contributed by atoms with Crippen LogP contribution in [0.2, 0.25) is 0 Å². The molecule has 1 heterocycles. The largest absolute Gasteiger partial charge is 0.488 e. The van der Waals surface area contributed by atoms with E-state index in [9.17, 15) is 10.0 Å². The summed E-state index contributed by atoms with van der Waals surface area (Å²) in [6.45, 7) is 0. The van der Waals surface area contributed by atoms with Gasteiger partial charge in [0.15, 0.2) is 5.82 Å². The van der Waals surface area contributed by atoms with E-state index < -0.39 is 7.12 Å². The van der Waals surface area contributed by atoms with Gasteiger partial charge >= 0.3 is 7.12 Å². The Morgan fingerprint density at radius 3 is 1.81 bits per heavy atom. The minimum atomic E-state index is -1.48. The molecule has 0 saturated carbocycles. The van der Waals surface area contributed by atoms with Crippen LogP contribution in [-0.2, 0) is 0 Å². The van der Waals surface area contributed by atoms with Crippen molar-refractivity contribution < 1.29 is 10.0 Å². The number of benzene rings is 4. The lowest BCUT2D eigenvalue weighted by molar-refractivity contribution is 0.426. The maximum atomic E-state index is 9.27. The van der Waals surface area contributed by atoms with Crippen LogP contribution in [0, 0.1) is 0 Å². The molecule has 0 aliphatic rings. The zero-order valence-electron chi connectivity index (χ0n) is 14.4. The summed E-state index contributed by atoms with van der Waals surface area (Å²) in [5, 5.41) is 24.2. The SMILES string of the molecule is OB(O)c1ccc(-c2ncc3c4ccccc4c4ccccc4c3n2)cc1. The molecule has 5 heteroatoms. The van der Waals surface area contributed by atoms with Gasteiger partial charge in [-0.3, -0.25) is 0 Å².